The summed E-state index contributed by atoms with van der Waals surface area (Å²) in [6, 6.07) is 7.74. The molecule has 1 unspecified atom stereocenters. The summed E-state index contributed by atoms with van der Waals surface area (Å²) in [6.45, 7) is 0.796. The number of carbonyl (C=O) groups is 1. The Morgan fingerprint density at radius 2 is 2.07 bits per heavy atom. The molecule has 14 heavy (non-hydrogen) atoms. The summed E-state index contributed by atoms with van der Waals surface area (Å²) >= 11 is 3.44. The van der Waals surface area contributed by atoms with Crippen molar-refractivity contribution in [2.24, 2.45) is 0 Å². The first-order valence-electron chi connectivity index (χ1n) is 4.29. The Hall–Kier alpha value is -0.380. The summed E-state index contributed by atoms with van der Waals surface area (Å²) in [7, 11) is 0. The molecular formula is C10H11BrClNO. The van der Waals surface area contributed by atoms with Gasteiger partial charge in [0.2, 0.25) is 0 Å². The first-order chi connectivity index (χ1) is 6.29. The largest absolute Gasteiger partial charge is 0.303 e. The minimum absolute atomic E-state index is 0. The van der Waals surface area contributed by atoms with Gasteiger partial charge in [-0.2, -0.15) is 0 Å². The third-order valence-corrected chi connectivity index (χ3v) is 2.98. The maximum absolute atomic E-state index is 11.4. The van der Waals surface area contributed by atoms with E-state index >= 15 is 0 Å². The van der Waals surface area contributed by atoms with Crippen molar-refractivity contribution in [3.05, 3.63) is 34.3 Å². The highest BCUT2D eigenvalue weighted by molar-refractivity contribution is 9.10. The molecule has 1 atom stereocenters. The molecule has 1 aromatic rings. The minimum atomic E-state index is -0.101. The molecule has 0 radical (unpaired) electrons. The summed E-state index contributed by atoms with van der Waals surface area (Å²) in [5.41, 5.74) is 1.05. The summed E-state index contributed by atoms with van der Waals surface area (Å²) in [5, 5.41) is 3.18. The number of hydrogen-bond donors (Lipinski definition) is 1. The zero-order valence-corrected chi connectivity index (χ0v) is 9.90. The van der Waals surface area contributed by atoms with E-state index in [9.17, 15) is 4.79 Å². The maximum Gasteiger partial charge on any atom is 0.155 e. The Morgan fingerprint density at radius 3 is 2.64 bits per heavy atom. The van der Waals surface area contributed by atoms with Gasteiger partial charge in [0.05, 0.1) is 6.04 Å². The fourth-order valence-electron chi connectivity index (χ4n) is 1.59. The quantitative estimate of drug-likeness (QED) is 0.854. The first kappa shape index (κ1) is 11.7. The van der Waals surface area contributed by atoms with Gasteiger partial charge in [-0.05, 0) is 11.6 Å². The van der Waals surface area contributed by atoms with Crippen LogP contribution in [-0.4, -0.2) is 12.3 Å². The molecule has 2 nitrogen and oxygen atoms in total. The number of halogens is 2. The molecule has 76 valence electrons. The van der Waals surface area contributed by atoms with Gasteiger partial charge in [0.25, 0.3) is 0 Å². The monoisotopic (exact) mass is 275 g/mol. The molecule has 1 aliphatic rings. The SMILES string of the molecule is Cl.O=C1CCNC1c1ccccc1Br. The first-order valence-corrected chi connectivity index (χ1v) is 5.09. The molecule has 1 aromatic carbocycles. The fourth-order valence-corrected chi connectivity index (χ4v) is 2.10. The van der Waals surface area contributed by atoms with Crippen LogP contribution in [0.1, 0.15) is 18.0 Å². The van der Waals surface area contributed by atoms with E-state index < -0.39 is 0 Å². The van der Waals surface area contributed by atoms with E-state index in [1.54, 1.807) is 0 Å². The number of ketones is 1. The van der Waals surface area contributed by atoms with E-state index in [0.717, 1.165) is 16.6 Å². The lowest BCUT2D eigenvalue weighted by molar-refractivity contribution is -0.118. The maximum atomic E-state index is 11.4. The number of Topliss-reactive ketones (excluding diaryl/α,β-unsaturated/α-hetero) is 1. The summed E-state index contributed by atoms with van der Waals surface area (Å²) < 4.78 is 1.00. The van der Waals surface area contributed by atoms with E-state index in [0.29, 0.717) is 6.42 Å². The van der Waals surface area contributed by atoms with Crippen LogP contribution >= 0.6 is 28.3 Å². The van der Waals surface area contributed by atoms with Crippen LogP contribution < -0.4 is 5.32 Å². The van der Waals surface area contributed by atoms with E-state index in [2.05, 4.69) is 21.2 Å². The Labute approximate surface area is 97.6 Å². The molecule has 1 saturated heterocycles. The second-order valence-corrected chi connectivity index (χ2v) is 3.98. The normalized spacial score (nSPS) is 20.6. The van der Waals surface area contributed by atoms with Crippen molar-refractivity contribution in [3.63, 3.8) is 0 Å². The predicted octanol–water partition coefficient (Wildman–Crippen LogP) is 2.47. The number of hydrogen-bond acceptors (Lipinski definition) is 2. The van der Waals surface area contributed by atoms with Gasteiger partial charge >= 0.3 is 0 Å². The Bertz CT molecular complexity index is 343. The van der Waals surface area contributed by atoms with Gasteiger partial charge in [-0.1, -0.05) is 34.1 Å². The van der Waals surface area contributed by atoms with Crippen LogP contribution in [0.15, 0.2) is 28.7 Å². The molecule has 0 aromatic heterocycles. The van der Waals surface area contributed by atoms with E-state index in [4.69, 9.17) is 0 Å². The van der Waals surface area contributed by atoms with E-state index in [1.807, 2.05) is 24.3 Å². The lowest BCUT2D eigenvalue weighted by atomic mass is 10.0. The van der Waals surface area contributed by atoms with Crippen molar-refractivity contribution in [2.45, 2.75) is 12.5 Å². The molecule has 1 aliphatic heterocycles. The molecule has 0 saturated carbocycles. The van der Waals surface area contributed by atoms with Crippen LogP contribution in [0.4, 0.5) is 0 Å². The molecule has 0 aliphatic carbocycles. The minimum Gasteiger partial charge on any atom is -0.303 e. The van der Waals surface area contributed by atoms with Gasteiger partial charge in [0.15, 0.2) is 5.78 Å². The molecule has 1 heterocycles. The van der Waals surface area contributed by atoms with Gasteiger partial charge in [0, 0.05) is 17.4 Å². The number of rotatable bonds is 1. The van der Waals surface area contributed by atoms with Crippen molar-refractivity contribution in [2.75, 3.05) is 6.54 Å². The van der Waals surface area contributed by atoms with E-state index in [-0.39, 0.29) is 24.2 Å². The van der Waals surface area contributed by atoms with Gasteiger partial charge in [-0.15, -0.1) is 12.4 Å². The summed E-state index contributed by atoms with van der Waals surface area (Å²) in [6.07, 6.45) is 0.645. The van der Waals surface area contributed by atoms with Crippen molar-refractivity contribution in [3.8, 4) is 0 Å². The number of benzene rings is 1. The summed E-state index contributed by atoms with van der Waals surface area (Å²) in [4.78, 5) is 11.4. The third kappa shape index (κ3) is 2.16. The number of nitrogens with one attached hydrogen (secondary N) is 1. The third-order valence-electron chi connectivity index (χ3n) is 2.26. The van der Waals surface area contributed by atoms with Crippen LogP contribution in [-0.2, 0) is 4.79 Å². The van der Waals surface area contributed by atoms with Gasteiger partial charge < -0.3 is 5.32 Å². The average Bonchev–Trinajstić information content (AvgIpc) is 2.52. The van der Waals surface area contributed by atoms with Crippen molar-refractivity contribution in [1.82, 2.24) is 5.32 Å². The van der Waals surface area contributed by atoms with Crippen LogP contribution in [0.3, 0.4) is 0 Å². The summed E-state index contributed by atoms with van der Waals surface area (Å²) in [5.74, 6) is 0.284. The Balaban J connectivity index is 0.000000980. The van der Waals surface area contributed by atoms with Crippen molar-refractivity contribution in [1.29, 1.82) is 0 Å². The van der Waals surface area contributed by atoms with Crippen LogP contribution in [0.5, 0.6) is 0 Å². The van der Waals surface area contributed by atoms with Crippen molar-refractivity contribution < 1.29 is 4.79 Å². The molecule has 0 spiro atoms. The Morgan fingerprint density at radius 1 is 1.36 bits per heavy atom. The van der Waals surface area contributed by atoms with E-state index in [1.165, 1.54) is 0 Å². The highest BCUT2D eigenvalue weighted by Gasteiger charge is 2.26. The Kier molecular flexibility index (Phi) is 4.11. The second-order valence-electron chi connectivity index (χ2n) is 3.12. The fraction of sp³-hybridized carbons (Fsp3) is 0.300. The van der Waals surface area contributed by atoms with Gasteiger partial charge in [0.1, 0.15) is 0 Å². The van der Waals surface area contributed by atoms with Crippen molar-refractivity contribution >= 4 is 34.1 Å². The van der Waals surface area contributed by atoms with Gasteiger partial charge in [-0.3, -0.25) is 4.79 Å². The number of carbonyl (C=O) groups excluding carboxylic acids is 1. The second kappa shape index (κ2) is 4.91. The topological polar surface area (TPSA) is 29.1 Å². The molecule has 1 fully saturated rings. The molecule has 2 rings (SSSR count). The van der Waals surface area contributed by atoms with Crippen LogP contribution in [0.25, 0.3) is 0 Å². The molecule has 1 N–H and O–H groups in total. The van der Waals surface area contributed by atoms with Crippen LogP contribution in [0, 0.1) is 0 Å². The highest BCUT2D eigenvalue weighted by Crippen LogP contribution is 2.26. The smallest absolute Gasteiger partial charge is 0.155 e. The standard InChI is InChI=1S/C10H10BrNO.ClH/c11-8-4-2-1-3-7(8)10-9(13)5-6-12-10;/h1-4,10,12H,5-6H2;1H. The van der Waals surface area contributed by atoms with Crippen LogP contribution in [0.2, 0.25) is 0 Å². The molecule has 0 bridgehead atoms. The predicted molar refractivity (Wildman–Crippen MR) is 61.8 cm³/mol. The lowest BCUT2D eigenvalue weighted by Gasteiger charge is -2.10. The molecular weight excluding hydrogens is 265 g/mol. The van der Waals surface area contributed by atoms with Gasteiger partial charge in [-0.25, -0.2) is 0 Å². The zero-order chi connectivity index (χ0) is 9.26. The molecule has 0 amide bonds. The lowest BCUT2D eigenvalue weighted by Crippen LogP contribution is -2.17. The highest BCUT2D eigenvalue weighted by atomic mass is 79.9. The zero-order valence-electron chi connectivity index (χ0n) is 7.50. The molecule has 4 heteroatoms. The average molecular weight is 277 g/mol.